The third-order valence-electron chi connectivity index (χ3n) is 9.18. The van der Waals surface area contributed by atoms with Gasteiger partial charge in [-0.25, -0.2) is 0 Å². The van der Waals surface area contributed by atoms with Crippen LogP contribution in [0.5, 0.6) is 0 Å². The van der Waals surface area contributed by atoms with Gasteiger partial charge < -0.3 is 0 Å². The first kappa shape index (κ1) is 39.5. The Hall–Kier alpha value is -1.48. The molecule has 4 heteroatoms. The van der Waals surface area contributed by atoms with Gasteiger partial charge in [0, 0.05) is 41.8 Å². The van der Waals surface area contributed by atoms with Gasteiger partial charge in [-0.05, 0) is 49.8 Å². The average Bonchev–Trinajstić information content (AvgIpc) is 3.00. The number of unbranched alkanes of at least 4 members (excludes halogenated alkanes) is 18. The van der Waals surface area contributed by atoms with Crippen LogP contribution >= 0.6 is 11.6 Å². The first-order valence-electron chi connectivity index (χ1n) is 18.2. The molecule has 0 aliphatic heterocycles. The number of alkyl halides is 1. The van der Waals surface area contributed by atoms with E-state index < -0.39 is 0 Å². The minimum absolute atomic E-state index is 0.0137. The zero-order chi connectivity index (χ0) is 31.9. The Balaban J connectivity index is 3.20. The molecule has 0 aromatic heterocycles. The standard InChI is InChI=1S/C39H65ClO3/c1-6-9-12-15-18-21-24-27-34(41)37-32(5)31(4)33(30-40)38(35(42)28-25-22-19-16-13-10-7-2)39(37)36(43)29-26-23-20-17-14-11-8-3/h6-30H2,1-5H3. The quantitative estimate of drug-likeness (QED) is 0.0534. The molecule has 0 spiro atoms. The number of halogens is 1. The van der Waals surface area contributed by atoms with Gasteiger partial charge in [-0.3, -0.25) is 14.4 Å². The van der Waals surface area contributed by atoms with Gasteiger partial charge in [0.05, 0.1) is 0 Å². The zero-order valence-electron chi connectivity index (χ0n) is 28.8. The number of carbonyl (C=O) groups excluding carboxylic acids is 3. The highest BCUT2D eigenvalue weighted by atomic mass is 35.5. The fraction of sp³-hybridized carbons (Fsp3) is 0.769. The van der Waals surface area contributed by atoms with E-state index in [1.54, 1.807) is 0 Å². The van der Waals surface area contributed by atoms with E-state index >= 15 is 0 Å². The lowest BCUT2D eigenvalue weighted by Gasteiger charge is -2.22. The molecule has 1 rings (SSSR count). The molecule has 0 amide bonds. The van der Waals surface area contributed by atoms with Crippen LogP contribution in [0.1, 0.15) is 223 Å². The smallest absolute Gasteiger partial charge is 0.164 e. The Labute approximate surface area is 270 Å². The summed E-state index contributed by atoms with van der Waals surface area (Å²) in [6.45, 7) is 10.6. The van der Waals surface area contributed by atoms with Gasteiger partial charge in [0.2, 0.25) is 0 Å². The van der Waals surface area contributed by atoms with Crippen LogP contribution in [0, 0.1) is 13.8 Å². The maximum atomic E-state index is 14.0. The second-order valence-corrected chi connectivity index (χ2v) is 13.1. The summed E-state index contributed by atoms with van der Waals surface area (Å²) < 4.78 is 0. The summed E-state index contributed by atoms with van der Waals surface area (Å²) in [6.07, 6.45) is 24.9. The van der Waals surface area contributed by atoms with Crippen molar-refractivity contribution in [3.8, 4) is 0 Å². The van der Waals surface area contributed by atoms with Crippen LogP contribution in [0.2, 0.25) is 0 Å². The molecule has 0 saturated carbocycles. The van der Waals surface area contributed by atoms with Gasteiger partial charge in [-0.1, -0.05) is 136 Å². The molecule has 43 heavy (non-hydrogen) atoms. The van der Waals surface area contributed by atoms with E-state index in [1.807, 2.05) is 13.8 Å². The minimum Gasteiger partial charge on any atom is -0.294 e. The maximum absolute atomic E-state index is 14.0. The first-order valence-corrected chi connectivity index (χ1v) is 18.7. The van der Waals surface area contributed by atoms with E-state index in [-0.39, 0.29) is 23.2 Å². The van der Waals surface area contributed by atoms with E-state index in [4.69, 9.17) is 11.6 Å². The Morgan fingerprint density at radius 2 is 0.721 bits per heavy atom. The third kappa shape index (κ3) is 14.9. The number of ketones is 3. The van der Waals surface area contributed by atoms with Crippen LogP contribution in [0.25, 0.3) is 0 Å². The van der Waals surface area contributed by atoms with Gasteiger partial charge >= 0.3 is 0 Å². The molecule has 1 aromatic carbocycles. The number of Topliss-reactive ketones (excluding diaryl/α,β-unsaturated/α-hetero) is 3. The molecule has 0 atom stereocenters. The molecule has 0 aliphatic rings. The number of hydrogen-bond acceptors (Lipinski definition) is 3. The number of carbonyl (C=O) groups is 3. The van der Waals surface area contributed by atoms with E-state index in [0.29, 0.717) is 36.0 Å². The average molecular weight is 617 g/mol. The largest absolute Gasteiger partial charge is 0.294 e. The molecule has 0 N–H and O–H groups in total. The molecular formula is C39H65ClO3. The molecule has 0 radical (unpaired) electrons. The molecule has 0 heterocycles. The second kappa shape index (κ2) is 24.8. The Morgan fingerprint density at radius 1 is 0.419 bits per heavy atom. The fourth-order valence-corrected chi connectivity index (χ4v) is 6.60. The molecule has 3 nitrogen and oxygen atoms in total. The highest BCUT2D eigenvalue weighted by Crippen LogP contribution is 2.33. The van der Waals surface area contributed by atoms with Gasteiger partial charge in [-0.15, -0.1) is 11.6 Å². The SMILES string of the molecule is CCCCCCCCCC(=O)c1c(C)c(C)c(CCl)c(C(=O)CCCCCCCCC)c1C(=O)CCCCCCCCC. The predicted octanol–water partition coefficient (Wildman–Crippen LogP) is 13.0. The van der Waals surface area contributed by atoms with Crippen LogP contribution in [-0.4, -0.2) is 17.3 Å². The van der Waals surface area contributed by atoms with Crippen LogP contribution in [0.4, 0.5) is 0 Å². The summed E-state index contributed by atoms with van der Waals surface area (Å²) in [5.74, 6) is 0.131. The summed E-state index contributed by atoms with van der Waals surface area (Å²) in [5.41, 5.74) is 3.84. The van der Waals surface area contributed by atoms with E-state index in [9.17, 15) is 14.4 Å². The lowest BCUT2D eigenvalue weighted by atomic mass is 9.80. The lowest BCUT2D eigenvalue weighted by Crippen LogP contribution is -2.21. The monoisotopic (exact) mass is 616 g/mol. The maximum Gasteiger partial charge on any atom is 0.164 e. The zero-order valence-corrected chi connectivity index (χ0v) is 29.5. The van der Waals surface area contributed by atoms with Crippen molar-refractivity contribution in [3.05, 3.63) is 33.4 Å². The second-order valence-electron chi connectivity index (χ2n) is 12.9. The lowest BCUT2D eigenvalue weighted by molar-refractivity contribution is 0.0931. The number of benzene rings is 1. The summed E-state index contributed by atoms with van der Waals surface area (Å²) in [4.78, 5) is 41.6. The molecule has 1 aromatic rings. The summed E-state index contributed by atoms with van der Waals surface area (Å²) in [7, 11) is 0. The molecule has 0 unspecified atom stereocenters. The highest BCUT2D eigenvalue weighted by Gasteiger charge is 2.30. The predicted molar refractivity (Wildman–Crippen MR) is 186 cm³/mol. The van der Waals surface area contributed by atoms with Crippen molar-refractivity contribution in [1.29, 1.82) is 0 Å². The van der Waals surface area contributed by atoms with Crippen LogP contribution in [0.3, 0.4) is 0 Å². The van der Waals surface area contributed by atoms with Crippen molar-refractivity contribution < 1.29 is 14.4 Å². The topological polar surface area (TPSA) is 51.2 Å². The van der Waals surface area contributed by atoms with E-state index in [2.05, 4.69) is 20.8 Å². The van der Waals surface area contributed by atoms with Crippen LogP contribution in [0.15, 0.2) is 0 Å². The fourth-order valence-electron chi connectivity index (χ4n) is 6.27. The number of rotatable bonds is 28. The molecule has 0 aliphatic carbocycles. The number of hydrogen-bond donors (Lipinski definition) is 0. The van der Waals surface area contributed by atoms with Gasteiger partial charge in [0.1, 0.15) is 0 Å². The van der Waals surface area contributed by atoms with Crippen molar-refractivity contribution in [2.45, 2.75) is 195 Å². The van der Waals surface area contributed by atoms with Crippen LogP contribution < -0.4 is 0 Å². The van der Waals surface area contributed by atoms with E-state index in [0.717, 1.165) is 74.5 Å². The molecule has 0 fully saturated rings. The summed E-state index contributed by atoms with van der Waals surface area (Å²) in [5, 5.41) is 0. The Bertz CT molecular complexity index is 949. The molecular weight excluding hydrogens is 552 g/mol. The Kier molecular flexibility index (Phi) is 22.8. The van der Waals surface area contributed by atoms with E-state index in [1.165, 1.54) is 77.0 Å². The molecule has 246 valence electrons. The van der Waals surface area contributed by atoms with Crippen molar-refractivity contribution in [2.75, 3.05) is 0 Å². The highest BCUT2D eigenvalue weighted by molar-refractivity contribution is 6.21. The molecule has 0 bridgehead atoms. The van der Waals surface area contributed by atoms with Crippen LogP contribution in [-0.2, 0) is 5.88 Å². The minimum atomic E-state index is -0.0474. The van der Waals surface area contributed by atoms with Crippen molar-refractivity contribution >= 4 is 29.0 Å². The first-order chi connectivity index (χ1) is 20.8. The molecule has 0 saturated heterocycles. The van der Waals surface area contributed by atoms with Gasteiger partial charge in [0.25, 0.3) is 0 Å². The Morgan fingerprint density at radius 3 is 1.07 bits per heavy atom. The van der Waals surface area contributed by atoms with Gasteiger partial charge in [-0.2, -0.15) is 0 Å². The third-order valence-corrected chi connectivity index (χ3v) is 9.45. The summed E-state index contributed by atoms with van der Waals surface area (Å²) in [6, 6.07) is 0. The van der Waals surface area contributed by atoms with Crippen molar-refractivity contribution in [1.82, 2.24) is 0 Å². The normalized spacial score (nSPS) is 11.3. The van der Waals surface area contributed by atoms with Crippen molar-refractivity contribution in [2.24, 2.45) is 0 Å². The van der Waals surface area contributed by atoms with Gasteiger partial charge in [0.15, 0.2) is 17.3 Å². The van der Waals surface area contributed by atoms with Crippen molar-refractivity contribution in [3.63, 3.8) is 0 Å². The summed E-state index contributed by atoms with van der Waals surface area (Å²) >= 11 is 6.49.